The molecule has 1 aliphatic rings. The molecule has 1 heterocycles. The maximum absolute atomic E-state index is 12.6. The molecule has 108 valence electrons. The van der Waals surface area contributed by atoms with Crippen molar-refractivity contribution in [3.8, 4) is 0 Å². The molecule has 4 nitrogen and oxygen atoms in total. The van der Waals surface area contributed by atoms with Gasteiger partial charge in [0.15, 0.2) is 0 Å². The third kappa shape index (κ3) is 2.70. The number of anilines is 3. The van der Waals surface area contributed by atoms with E-state index in [4.69, 9.17) is 0 Å². The predicted molar refractivity (Wildman–Crippen MR) is 87.3 cm³/mol. The van der Waals surface area contributed by atoms with Gasteiger partial charge in [-0.3, -0.25) is 4.79 Å². The van der Waals surface area contributed by atoms with Gasteiger partial charge in [-0.25, -0.2) is 0 Å². The Bertz CT molecular complexity index is 664. The number of amides is 1. The maximum atomic E-state index is 12.6. The van der Waals surface area contributed by atoms with Gasteiger partial charge in [-0.05, 0) is 37.3 Å². The van der Waals surface area contributed by atoms with Gasteiger partial charge in [0, 0.05) is 31.4 Å². The van der Waals surface area contributed by atoms with E-state index in [2.05, 4.69) is 10.6 Å². The number of carbonyl (C=O) groups is 1. The van der Waals surface area contributed by atoms with Crippen LogP contribution < -0.4 is 15.5 Å². The quantitative estimate of drug-likeness (QED) is 0.889. The normalized spacial score (nSPS) is 12.9. The highest BCUT2D eigenvalue weighted by Gasteiger charge is 2.16. The van der Waals surface area contributed by atoms with Crippen molar-refractivity contribution < 1.29 is 4.79 Å². The molecule has 2 N–H and O–H groups in total. The second-order valence-corrected chi connectivity index (χ2v) is 5.31. The first-order valence-electron chi connectivity index (χ1n) is 7.12. The SMILES string of the molecule is Cc1ccc(N(C)C(=O)c2ccc3c(c2)NCCN3)cc1. The lowest BCUT2D eigenvalue weighted by atomic mass is 10.1. The molecular formula is C17H19N3O. The van der Waals surface area contributed by atoms with Gasteiger partial charge in [0.05, 0.1) is 11.4 Å². The maximum Gasteiger partial charge on any atom is 0.258 e. The van der Waals surface area contributed by atoms with Crippen LogP contribution >= 0.6 is 0 Å². The van der Waals surface area contributed by atoms with Gasteiger partial charge in [0.2, 0.25) is 0 Å². The Labute approximate surface area is 124 Å². The number of carbonyl (C=O) groups excluding carboxylic acids is 1. The van der Waals surface area contributed by atoms with E-state index in [1.54, 1.807) is 11.9 Å². The standard InChI is InChI=1S/C17H19N3O/c1-12-3-6-14(7-4-12)20(2)17(21)13-5-8-15-16(11-13)19-10-9-18-15/h3-8,11,18-19H,9-10H2,1-2H3. The van der Waals surface area contributed by atoms with E-state index >= 15 is 0 Å². The van der Waals surface area contributed by atoms with Gasteiger partial charge in [-0.2, -0.15) is 0 Å². The minimum Gasteiger partial charge on any atom is -0.382 e. The third-order valence-corrected chi connectivity index (χ3v) is 3.75. The van der Waals surface area contributed by atoms with Crippen LogP contribution in [0.4, 0.5) is 17.1 Å². The first-order chi connectivity index (χ1) is 10.1. The van der Waals surface area contributed by atoms with Crippen LogP contribution in [-0.4, -0.2) is 26.0 Å². The van der Waals surface area contributed by atoms with Crippen LogP contribution in [0, 0.1) is 6.92 Å². The minimum atomic E-state index is -0.00553. The van der Waals surface area contributed by atoms with Crippen LogP contribution in [0.3, 0.4) is 0 Å². The number of rotatable bonds is 2. The number of hydrogen-bond acceptors (Lipinski definition) is 3. The van der Waals surface area contributed by atoms with E-state index in [-0.39, 0.29) is 5.91 Å². The van der Waals surface area contributed by atoms with Crippen LogP contribution in [0.25, 0.3) is 0 Å². The molecule has 21 heavy (non-hydrogen) atoms. The van der Waals surface area contributed by atoms with Gasteiger partial charge < -0.3 is 15.5 Å². The number of aryl methyl sites for hydroxylation is 1. The molecule has 0 fully saturated rings. The summed E-state index contributed by atoms with van der Waals surface area (Å²) in [4.78, 5) is 14.3. The van der Waals surface area contributed by atoms with Crippen molar-refractivity contribution in [1.29, 1.82) is 0 Å². The van der Waals surface area contributed by atoms with Gasteiger partial charge in [0.1, 0.15) is 0 Å². The largest absolute Gasteiger partial charge is 0.382 e. The molecule has 1 aliphatic heterocycles. The molecule has 3 rings (SSSR count). The van der Waals surface area contributed by atoms with E-state index < -0.39 is 0 Å². The second-order valence-electron chi connectivity index (χ2n) is 5.31. The lowest BCUT2D eigenvalue weighted by Crippen LogP contribution is -2.27. The molecule has 0 spiro atoms. The fourth-order valence-electron chi connectivity index (χ4n) is 2.45. The number of benzene rings is 2. The molecule has 0 aromatic heterocycles. The van der Waals surface area contributed by atoms with Crippen molar-refractivity contribution >= 4 is 23.0 Å². The van der Waals surface area contributed by atoms with Crippen molar-refractivity contribution in [1.82, 2.24) is 0 Å². The van der Waals surface area contributed by atoms with Crippen molar-refractivity contribution in [3.05, 3.63) is 53.6 Å². The molecule has 0 unspecified atom stereocenters. The topological polar surface area (TPSA) is 44.4 Å². The summed E-state index contributed by atoms with van der Waals surface area (Å²) in [6, 6.07) is 13.7. The third-order valence-electron chi connectivity index (χ3n) is 3.75. The number of nitrogens with one attached hydrogen (secondary N) is 2. The van der Waals surface area contributed by atoms with Gasteiger partial charge in [-0.15, -0.1) is 0 Å². The highest BCUT2D eigenvalue weighted by atomic mass is 16.2. The van der Waals surface area contributed by atoms with Crippen molar-refractivity contribution in [2.24, 2.45) is 0 Å². The lowest BCUT2D eigenvalue weighted by molar-refractivity contribution is 0.0993. The molecule has 4 heteroatoms. The summed E-state index contributed by atoms with van der Waals surface area (Å²) in [5.41, 5.74) is 4.81. The fourth-order valence-corrected chi connectivity index (χ4v) is 2.45. The summed E-state index contributed by atoms with van der Waals surface area (Å²) < 4.78 is 0. The summed E-state index contributed by atoms with van der Waals surface area (Å²) in [5, 5.41) is 6.62. The molecule has 0 bridgehead atoms. The Balaban J connectivity index is 1.86. The van der Waals surface area contributed by atoms with Crippen LogP contribution in [0.15, 0.2) is 42.5 Å². The molecular weight excluding hydrogens is 262 g/mol. The highest BCUT2D eigenvalue weighted by molar-refractivity contribution is 6.06. The minimum absolute atomic E-state index is 0.00553. The van der Waals surface area contributed by atoms with Crippen molar-refractivity contribution in [3.63, 3.8) is 0 Å². The zero-order valence-corrected chi connectivity index (χ0v) is 12.3. The zero-order valence-electron chi connectivity index (χ0n) is 12.3. The van der Waals surface area contributed by atoms with Gasteiger partial charge in [0.25, 0.3) is 5.91 Å². The van der Waals surface area contributed by atoms with Crippen LogP contribution in [0.5, 0.6) is 0 Å². The summed E-state index contributed by atoms with van der Waals surface area (Å²) in [7, 11) is 1.80. The Kier molecular flexibility index (Phi) is 3.52. The first kappa shape index (κ1) is 13.5. The molecule has 0 radical (unpaired) electrons. The molecule has 1 amide bonds. The smallest absolute Gasteiger partial charge is 0.258 e. The average Bonchev–Trinajstić information content (AvgIpc) is 2.54. The van der Waals surface area contributed by atoms with E-state index in [0.717, 1.165) is 30.2 Å². The van der Waals surface area contributed by atoms with Gasteiger partial charge >= 0.3 is 0 Å². The number of hydrogen-bond donors (Lipinski definition) is 2. The summed E-state index contributed by atoms with van der Waals surface area (Å²) in [6.45, 7) is 3.82. The molecule has 0 saturated heterocycles. The zero-order chi connectivity index (χ0) is 14.8. The summed E-state index contributed by atoms with van der Waals surface area (Å²) >= 11 is 0. The van der Waals surface area contributed by atoms with Crippen LogP contribution in [0.1, 0.15) is 15.9 Å². The molecule has 0 atom stereocenters. The summed E-state index contributed by atoms with van der Waals surface area (Å²) in [5.74, 6) is -0.00553. The number of nitrogens with zero attached hydrogens (tertiary/aromatic N) is 1. The lowest BCUT2D eigenvalue weighted by Gasteiger charge is -2.22. The van der Waals surface area contributed by atoms with E-state index in [1.165, 1.54) is 5.56 Å². The Hall–Kier alpha value is -2.49. The predicted octanol–water partition coefficient (Wildman–Crippen LogP) is 3.11. The number of fused-ring (bicyclic) bond motifs is 1. The van der Waals surface area contributed by atoms with E-state index in [0.29, 0.717) is 5.56 Å². The van der Waals surface area contributed by atoms with Crippen molar-refractivity contribution in [2.75, 3.05) is 35.7 Å². The first-order valence-corrected chi connectivity index (χ1v) is 7.12. The molecule has 0 saturated carbocycles. The monoisotopic (exact) mass is 281 g/mol. The van der Waals surface area contributed by atoms with E-state index in [1.807, 2.05) is 49.4 Å². The Morgan fingerprint density at radius 1 is 1.00 bits per heavy atom. The Morgan fingerprint density at radius 3 is 2.38 bits per heavy atom. The van der Waals surface area contributed by atoms with E-state index in [9.17, 15) is 4.79 Å². The van der Waals surface area contributed by atoms with Crippen LogP contribution in [0.2, 0.25) is 0 Å². The fraction of sp³-hybridized carbons (Fsp3) is 0.235. The van der Waals surface area contributed by atoms with Gasteiger partial charge in [-0.1, -0.05) is 17.7 Å². The average molecular weight is 281 g/mol. The Morgan fingerprint density at radius 2 is 1.67 bits per heavy atom. The molecule has 2 aromatic carbocycles. The highest BCUT2D eigenvalue weighted by Crippen LogP contribution is 2.26. The summed E-state index contributed by atoms with van der Waals surface area (Å²) in [6.07, 6.45) is 0. The second kappa shape index (κ2) is 5.48. The molecule has 0 aliphatic carbocycles. The van der Waals surface area contributed by atoms with Crippen molar-refractivity contribution in [2.45, 2.75) is 6.92 Å². The van der Waals surface area contributed by atoms with Crippen LogP contribution in [-0.2, 0) is 0 Å². The molecule has 2 aromatic rings.